The van der Waals surface area contributed by atoms with E-state index in [0.29, 0.717) is 5.92 Å². The molecule has 7 nitrogen and oxygen atoms in total. The summed E-state index contributed by atoms with van der Waals surface area (Å²) in [7, 11) is 0. The maximum absolute atomic E-state index is 12.0. The van der Waals surface area contributed by atoms with Crippen molar-refractivity contribution < 1.29 is 9.63 Å². The van der Waals surface area contributed by atoms with Crippen molar-refractivity contribution >= 4 is 23.7 Å². The van der Waals surface area contributed by atoms with Crippen molar-refractivity contribution in [3.63, 3.8) is 0 Å². The van der Waals surface area contributed by atoms with Crippen LogP contribution in [0.15, 0.2) is 4.99 Å². The normalized spacial score (nSPS) is 35.9. The Bertz CT molecular complexity index is 453. The minimum Gasteiger partial charge on any atom is -0.340 e. The summed E-state index contributed by atoms with van der Waals surface area (Å²) in [5.74, 6) is 0.630. The van der Waals surface area contributed by atoms with Crippen molar-refractivity contribution in [2.24, 2.45) is 16.8 Å². The van der Waals surface area contributed by atoms with E-state index in [1.54, 1.807) is 0 Å². The first-order valence-electron chi connectivity index (χ1n) is 8.40. The summed E-state index contributed by atoms with van der Waals surface area (Å²) >= 11 is 6.10. The van der Waals surface area contributed by atoms with Crippen LogP contribution in [0.3, 0.4) is 0 Å². The number of piperazine rings is 1. The molecule has 2 N–H and O–H groups in total. The lowest BCUT2D eigenvalue weighted by Crippen LogP contribution is -2.58. The Morgan fingerprint density at radius 3 is 2.74 bits per heavy atom. The molecule has 0 aliphatic carbocycles. The van der Waals surface area contributed by atoms with Crippen LogP contribution >= 0.6 is 11.6 Å². The van der Waals surface area contributed by atoms with Crippen molar-refractivity contribution in [3.05, 3.63) is 0 Å². The zero-order valence-electron chi connectivity index (χ0n) is 13.7. The van der Waals surface area contributed by atoms with E-state index in [2.05, 4.69) is 20.7 Å². The lowest BCUT2D eigenvalue weighted by Gasteiger charge is -2.38. The number of alkyl halides is 1. The van der Waals surface area contributed by atoms with Gasteiger partial charge < -0.3 is 4.90 Å². The molecule has 3 aliphatic rings. The number of aliphatic imine (C=N–C) groups is 1. The zero-order valence-corrected chi connectivity index (χ0v) is 14.5. The third kappa shape index (κ3) is 4.03. The van der Waals surface area contributed by atoms with Gasteiger partial charge in [-0.1, -0.05) is 25.4 Å². The molecule has 3 heterocycles. The number of nitrogens with zero attached hydrogens (tertiary/aromatic N) is 3. The first-order chi connectivity index (χ1) is 11.0. The van der Waals surface area contributed by atoms with Crippen molar-refractivity contribution in [1.29, 1.82) is 0 Å². The second-order valence-corrected chi connectivity index (χ2v) is 7.24. The zero-order chi connectivity index (χ0) is 16.4. The van der Waals surface area contributed by atoms with Gasteiger partial charge >= 0.3 is 0 Å². The molecule has 2 fully saturated rings. The van der Waals surface area contributed by atoms with E-state index >= 15 is 0 Å². The van der Waals surface area contributed by atoms with Crippen molar-refractivity contribution in [1.82, 2.24) is 20.6 Å². The first kappa shape index (κ1) is 17.1. The second-order valence-electron chi connectivity index (χ2n) is 6.74. The highest BCUT2D eigenvalue weighted by molar-refractivity contribution is 6.20. The average molecular weight is 344 g/mol. The van der Waals surface area contributed by atoms with Gasteiger partial charge in [-0.15, -0.1) is 0 Å². The molecule has 4 unspecified atom stereocenters. The number of rotatable bonds is 3. The van der Waals surface area contributed by atoms with Crippen LogP contribution < -0.4 is 10.8 Å². The van der Waals surface area contributed by atoms with Gasteiger partial charge in [0, 0.05) is 44.2 Å². The molecule has 2 saturated heterocycles. The minimum absolute atomic E-state index is 0.0102. The molecule has 0 bridgehead atoms. The molecular weight excluding hydrogens is 318 g/mol. The van der Waals surface area contributed by atoms with Gasteiger partial charge in [0.05, 0.1) is 0 Å². The van der Waals surface area contributed by atoms with Gasteiger partial charge in [0.25, 0.3) is 0 Å². The van der Waals surface area contributed by atoms with Crippen LogP contribution in [-0.2, 0) is 9.63 Å². The summed E-state index contributed by atoms with van der Waals surface area (Å²) in [5.41, 5.74) is 2.93. The Hall–Kier alpha value is -0.730. The molecule has 0 aromatic heterocycles. The van der Waals surface area contributed by atoms with E-state index in [1.807, 2.05) is 25.0 Å². The van der Waals surface area contributed by atoms with Crippen LogP contribution in [0.1, 0.15) is 26.7 Å². The molecule has 8 heteroatoms. The molecule has 1 amide bonds. The number of amides is 1. The number of carbonyl (C=O) groups is 1. The SMILES string of the molecule is CC(C)C(=O)N1CCN(C2NOC(C3CC=NC(Cl)C3)N2)CC1. The Kier molecular flexibility index (Phi) is 5.53. The van der Waals surface area contributed by atoms with E-state index in [0.717, 1.165) is 39.0 Å². The maximum atomic E-state index is 12.0. The maximum Gasteiger partial charge on any atom is 0.225 e. The lowest BCUT2D eigenvalue weighted by atomic mass is 9.98. The fourth-order valence-electron chi connectivity index (χ4n) is 3.30. The largest absolute Gasteiger partial charge is 0.340 e. The molecule has 3 aliphatic heterocycles. The number of hydrogen-bond donors (Lipinski definition) is 2. The molecule has 0 radical (unpaired) electrons. The van der Waals surface area contributed by atoms with Gasteiger partial charge in [-0.05, 0) is 12.8 Å². The van der Waals surface area contributed by atoms with Gasteiger partial charge in [-0.25, -0.2) is 0 Å². The fraction of sp³-hybridized carbons (Fsp3) is 0.867. The quantitative estimate of drug-likeness (QED) is 0.579. The van der Waals surface area contributed by atoms with E-state index in [-0.39, 0.29) is 29.8 Å². The number of halogens is 1. The summed E-state index contributed by atoms with van der Waals surface area (Å²) in [6, 6.07) is 0. The molecule has 0 aromatic carbocycles. The molecule has 4 atom stereocenters. The summed E-state index contributed by atoms with van der Waals surface area (Å²) in [4.78, 5) is 26.2. The molecular formula is C15H26ClN5O2. The van der Waals surface area contributed by atoms with E-state index in [1.165, 1.54) is 0 Å². The van der Waals surface area contributed by atoms with E-state index in [4.69, 9.17) is 16.4 Å². The number of carbonyl (C=O) groups excluding carboxylic acids is 1. The Balaban J connectivity index is 1.47. The highest BCUT2D eigenvalue weighted by Crippen LogP contribution is 2.25. The molecule has 3 rings (SSSR count). The lowest BCUT2D eigenvalue weighted by molar-refractivity contribution is -0.136. The summed E-state index contributed by atoms with van der Waals surface area (Å²) in [6.45, 7) is 7.10. The second kappa shape index (κ2) is 7.44. The van der Waals surface area contributed by atoms with Crippen molar-refractivity contribution in [2.45, 2.75) is 44.7 Å². The molecule has 0 saturated carbocycles. The van der Waals surface area contributed by atoms with Crippen LogP contribution in [0.5, 0.6) is 0 Å². The summed E-state index contributed by atoms with van der Waals surface area (Å²) < 4.78 is 0. The molecule has 0 aromatic rings. The minimum atomic E-state index is -0.149. The number of hydrogen-bond acceptors (Lipinski definition) is 6. The average Bonchev–Trinajstić information content (AvgIpc) is 3.04. The third-order valence-electron chi connectivity index (χ3n) is 4.71. The van der Waals surface area contributed by atoms with Gasteiger partial charge in [0.1, 0.15) is 18.0 Å². The Labute approximate surface area is 142 Å². The number of hydroxylamine groups is 1. The number of nitrogens with one attached hydrogen (secondary N) is 2. The van der Waals surface area contributed by atoms with Gasteiger partial charge in [-0.3, -0.25) is 24.8 Å². The standard InChI is InChI=1S/C15H26ClN5O2/c1-10(2)14(22)20-5-7-21(8-6-20)15-18-13(23-19-15)11-3-4-17-12(16)9-11/h4,10-13,15,18-19H,3,5-9H2,1-2H3. The van der Waals surface area contributed by atoms with Crippen LogP contribution in [0.2, 0.25) is 0 Å². The summed E-state index contributed by atoms with van der Waals surface area (Å²) in [5, 5.41) is 3.49. The smallest absolute Gasteiger partial charge is 0.225 e. The Morgan fingerprint density at radius 1 is 1.35 bits per heavy atom. The van der Waals surface area contributed by atoms with Crippen LogP contribution in [0.25, 0.3) is 0 Å². The summed E-state index contributed by atoms with van der Waals surface area (Å²) in [6.07, 6.45) is 3.53. The molecule has 130 valence electrons. The Morgan fingerprint density at radius 2 is 2.09 bits per heavy atom. The van der Waals surface area contributed by atoms with Crippen LogP contribution in [-0.4, -0.2) is 66.1 Å². The predicted octanol–water partition coefficient (Wildman–Crippen LogP) is 0.566. The first-order valence-corrected chi connectivity index (χ1v) is 8.84. The van der Waals surface area contributed by atoms with E-state index in [9.17, 15) is 4.79 Å². The van der Waals surface area contributed by atoms with Crippen molar-refractivity contribution in [3.8, 4) is 0 Å². The van der Waals surface area contributed by atoms with Gasteiger partial charge in [-0.2, -0.15) is 5.48 Å². The predicted molar refractivity (Wildman–Crippen MR) is 88.8 cm³/mol. The third-order valence-corrected chi connectivity index (χ3v) is 5.01. The molecule has 23 heavy (non-hydrogen) atoms. The monoisotopic (exact) mass is 343 g/mol. The topological polar surface area (TPSA) is 69.2 Å². The van der Waals surface area contributed by atoms with Gasteiger partial charge in [0.15, 0.2) is 0 Å². The van der Waals surface area contributed by atoms with Crippen LogP contribution in [0.4, 0.5) is 0 Å². The van der Waals surface area contributed by atoms with Gasteiger partial charge in [0.2, 0.25) is 5.91 Å². The highest BCUT2D eigenvalue weighted by atomic mass is 35.5. The molecule has 0 spiro atoms. The fourth-order valence-corrected chi connectivity index (χ4v) is 3.61. The van der Waals surface area contributed by atoms with Crippen LogP contribution in [0, 0.1) is 11.8 Å². The highest BCUT2D eigenvalue weighted by Gasteiger charge is 2.37. The van der Waals surface area contributed by atoms with Crippen molar-refractivity contribution in [2.75, 3.05) is 26.2 Å². The van der Waals surface area contributed by atoms with E-state index < -0.39 is 0 Å².